The molecule has 0 amide bonds. The largest absolute Gasteiger partial charge is 0.480 e. The molecule has 0 aliphatic heterocycles. The van der Waals surface area contributed by atoms with E-state index in [1.807, 2.05) is 13.2 Å². The van der Waals surface area contributed by atoms with Crippen molar-refractivity contribution in [2.45, 2.75) is 6.92 Å². The number of carbonyl (C=O) groups is 1. The van der Waals surface area contributed by atoms with E-state index < -0.39 is 5.97 Å². The Hall–Kier alpha value is -4.19. The summed E-state index contributed by atoms with van der Waals surface area (Å²) in [7, 11) is 3.35. The molecule has 0 bridgehead atoms. The maximum Gasteiger partial charge on any atom is 0.338 e. The van der Waals surface area contributed by atoms with E-state index in [0.29, 0.717) is 35.0 Å². The van der Waals surface area contributed by atoms with Crippen LogP contribution in [0.15, 0.2) is 42.7 Å². The monoisotopic (exact) mass is 402 g/mol. The molecule has 0 saturated carbocycles. The average Bonchev–Trinajstić information content (AvgIpc) is 3.35. The van der Waals surface area contributed by atoms with E-state index in [1.54, 1.807) is 52.6 Å². The second kappa shape index (κ2) is 7.67. The molecule has 0 spiro atoms. The molecule has 0 N–H and O–H groups in total. The Bertz CT molecular complexity index is 1280. The van der Waals surface area contributed by atoms with Crippen LogP contribution in [-0.4, -0.2) is 44.1 Å². The first-order valence-corrected chi connectivity index (χ1v) is 9.20. The van der Waals surface area contributed by atoms with E-state index in [1.165, 1.54) is 7.11 Å². The zero-order chi connectivity index (χ0) is 21.3. The molecule has 0 aliphatic carbocycles. The number of methoxy groups -OCH3 is 1. The fraction of sp³-hybridized carbons (Fsp3) is 0.190. The van der Waals surface area contributed by atoms with Gasteiger partial charge in [-0.15, -0.1) is 5.10 Å². The lowest BCUT2D eigenvalue weighted by Crippen LogP contribution is -2.04. The summed E-state index contributed by atoms with van der Waals surface area (Å²) in [4.78, 5) is 16.3. The molecule has 9 heteroatoms. The summed E-state index contributed by atoms with van der Waals surface area (Å²) in [5.41, 5.74) is 3.89. The van der Waals surface area contributed by atoms with Crippen molar-refractivity contribution in [3.63, 3.8) is 0 Å². The normalized spacial score (nSPS) is 10.7. The predicted molar refractivity (Wildman–Crippen MR) is 108 cm³/mol. The molecule has 4 rings (SSSR count). The van der Waals surface area contributed by atoms with Crippen molar-refractivity contribution in [3.8, 4) is 34.3 Å². The number of hydrogen-bond donors (Lipinski definition) is 0. The molecule has 0 atom stereocenters. The highest BCUT2D eigenvalue weighted by atomic mass is 16.5. The number of benzene rings is 1. The molecule has 3 heterocycles. The molecular weight excluding hydrogens is 384 g/mol. The fourth-order valence-electron chi connectivity index (χ4n) is 3.19. The summed E-state index contributed by atoms with van der Waals surface area (Å²) >= 11 is 0. The van der Waals surface area contributed by atoms with Gasteiger partial charge < -0.3 is 9.47 Å². The average molecular weight is 402 g/mol. The fourth-order valence-corrected chi connectivity index (χ4v) is 3.19. The minimum Gasteiger partial charge on any atom is -0.480 e. The van der Waals surface area contributed by atoms with Gasteiger partial charge in [0.15, 0.2) is 11.3 Å². The van der Waals surface area contributed by atoms with Crippen molar-refractivity contribution < 1.29 is 14.3 Å². The minimum atomic E-state index is -0.399. The molecule has 30 heavy (non-hydrogen) atoms. The Morgan fingerprint density at radius 2 is 2.00 bits per heavy atom. The number of nitriles is 1. The number of nitrogens with zero attached hydrogens (tertiary/aromatic N) is 6. The Morgan fingerprint density at radius 1 is 1.23 bits per heavy atom. The molecule has 0 fully saturated rings. The van der Waals surface area contributed by atoms with Gasteiger partial charge in [-0.1, -0.05) is 12.1 Å². The van der Waals surface area contributed by atoms with Crippen LogP contribution in [-0.2, 0) is 11.8 Å². The first-order chi connectivity index (χ1) is 14.5. The summed E-state index contributed by atoms with van der Waals surface area (Å²) in [6.07, 6.45) is 3.55. The van der Waals surface area contributed by atoms with Gasteiger partial charge in [0.1, 0.15) is 11.8 Å². The maximum atomic E-state index is 11.9. The number of imidazole rings is 1. The van der Waals surface area contributed by atoms with Crippen LogP contribution in [0.1, 0.15) is 23.0 Å². The highest BCUT2D eigenvalue weighted by Crippen LogP contribution is 2.32. The van der Waals surface area contributed by atoms with E-state index in [-0.39, 0.29) is 5.69 Å². The summed E-state index contributed by atoms with van der Waals surface area (Å²) in [5.74, 6) is -0.0228. The standard InChI is InChI=1S/C21H18N6O3/c1-4-30-21(28)14-7-5-13(6-8-14)19-17(10-22)24-18-9-16(15-11-23-26(2)12-15)20(29-3)25-27(18)19/h5-9,11-12H,4H2,1-3H3. The molecule has 0 saturated heterocycles. The van der Waals surface area contributed by atoms with Crippen molar-refractivity contribution in [1.29, 1.82) is 5.26 Å². The molecule has 0 aliphatic rings. The highest BCUT2D eigenvalue weighted by molar-refractivity contribution is 5.90. The summed E-state index contributed by atoms with van der Waals surface area (Å²) in [5, 5.41) is 18.4. The van der Waals surface area contributed by atoms with Crippen LogP contribution in [0.4, 0.5) is 0 Å². The Kier molecular flexibility index (Phi) is 4.90. The second-order valence-electron chi connectivity index (χ2n) is 6.46. The number of hydrogen-bond acceptors (Lipinski definition) is 7. The van der Waals surface area contributed by atoms with Crippen LogP contribution in [0.3, 0.4) is 0 Å². The lowest BCUT2D eigenvalue weighted by molar-refractivity contribution is 0.0526. The topological polar surface area (TPSA) is 107 Å². The predicted octanol–water partition coefficient (Wildman–Crippen LogP) is 2.85. The van der Waals surface area contributed by atoms with Gasteiger partial charge in [0.2, 0.25) is 5.88 Å². The zero-order valence-electron chi connectivity index (χ0n) is 16.7. The number of aryl methyl sites for hydroxylation is 1. The van der Waals surface area contributed by atoms with Crippen molar-refractivity contribution in [2.75, 3.05) is 13.7 Å². The summed E-state index contributed by atoms with van der Waals surface area (Å²) < 4.78 is 13.8. The van der Waals surface area contributed by atoms with Gasteiger partial charge in [0, 0.05) is 24.4 Å². The molecule has 0 unspecified atom stereocenters. The van der Waals surface area contributed by atoms with Gasteiger partial charge in [0.25, 0.3) is 0 Å². The van der Waals surface area contributed by atoms with Crippen LogP contribution in [0.25, 0.3) is 28.0 Å². The summed E-state index contributed by atoms with van der Waals surface area (Å²) in [6.45, 7) is 2.05. The van der Waals surface area contributed by atoms with Gasteiger partial charge in [-0.25, -0.2) is 14.3 Å². The SMILES string of the molecule is CCOC(=O)c1ccc(-c2c(C#N)nc3cc(-c4cnn(C)c4)c(OC)nn23)cc1. The van der Waals surface area contributed by atoms with Crippen molar-refractivity contribution in [2.24, 2.45) is 7.05 Å². The number of carbonyl (C=O) groups excluding carboxylic acids is 1. The van der Waals surface area contributed by atoms with Crippen molar-refractivity contribution >= 4 is 11.6 Å². The van der Waals surface area contributed by atoms with Crippen LogP contribution in [0.5, 0.6) is 5.88 Å². The van der Waals surface area contributed by atoms with E-state index in [2.05, 4.69) is 21.3 Å². The van der Waals surface area contributed by atoms with E-state index in [4.69, 9.17) is 9.47 Å². The van der Waals surface area contributed by atoms with Gasteiger partial charge in [-0.05, 0) is 25.1 Å². The second-order valence-corrected chi connectivity index (χ2v) is 6.46. The van der Waals surface area contributed by atoms with Gasteiger partial charge >= 0.3 is 5.97 Å². The molecule has 0 radical (unpaired) electrons. The minimum absolute atomic E-state index is 0.219. The smallest absolute Gasteiger partial charge is 0.338 e. The maximum absolute atomic E-state index is 11.9. The van der Waals surface area contributed by atoms with Crippen LogP contribution in [0, 0.1) is 11.3 Å². The first-order valence-electron chi connectivity index (χ1n) is 9.20. The van der Waals surface area contributed by atoms with E-state index >= 15 is 0 Å². The molecular formula is C21H18N6O3. The Labute approximate surface area is 172 Å². The molecule has 3 aromatic heterocycles. The Balaban J connectivity index is 1.86. The highest BCUT2D eigenvalue weighted by Gasteiger charge is 2.20. The molecule has 9 nitrogen and oxygen atoms in total. The number of fused-ring (bicyclic) bond motifs is 1. The van der Waals surface area contributed by atoms with Gasteiger partial charge in [-0.2, -0.15) is 10.4 Å². The van der Waals surface area contributed by atoms with Crippen molar-refractivity contribution in [3.05, 3.63) is 54.0 Å². The lowest BCUT2D eigenvalue weighted by atomic mass is 10.1. The number of rotatable bonds is 5. The molecule has 4 aromatic rings. The number of ether oxygens (including phenoxy) is 2. The third kappa shape index (κ3) is 3.24. The molecule has 150 valence electrons. The van der Waals surface area contributed by atoms with Crippen LogP contribution < -0.4 is 4.74 Å². The summed E-state index contributed by atoms with van der Waals surface area (Å²) in [6, 6.07) is 10.7. The van der Waals surface area contributed by atoms with E-state index in [9.17, 15) is 10.1 Å². The van der Waals surface area contributed by atoms with E-state index in [0.717, 1.165) is 11.1 Å². The third-order valence-electron chi connectivity index (χ3n) is 4.56. The third-order valence-corrected chi connectivity index (χ3v) is 4.56. The van der Waals surface area contributed by atoms with Crippen LogP contribution in [0.2, 0.25) is 0 Å². The first kappa shape index (κ1) is 19.1. The lowest BCUT2D eigenvalue weighted by Gasteiger charge is -2.08. The Morgan fingerprint density at radius 3 is 2.60 bits per heavy atom. The van der Waals surface area contributed by atoms with Gasteiger partial charge in [0.05, 0.1) is 31.0 Å². The molecule has 1 aromatic carbocycles. The zero-order valence-corrected chi connectivity index (χ0v) is 16.7. The van der Waals surface area contributed by atoms with Crippen molar-refractivity contribution in [1.82, 2.24) is 24.4 Å². The number of aromatic nitrogens is 5. The van der Waals surface area contributed by atoms with Crippen LogP contribution >= 0.6 is 0 Å². The quantitative estimate of drug-likeness (QED) is 0.472. The number of esters is 1. The van der Waals surface area contributed by atoms with Gasteiger partial charge in [-0.3, -0.25) is 4.68 Å².